The Balaban J connectivity index is 0.985. The van der Waals surface area contributed by atoms with Crippen molar-refractivity contribution in [1.29, 1.82) is 0 Å². The van der Waals surface area contributed by atoms with Crippen LogP contribution in [0.1, 0.15) is 22.9 Å². The minimum Gasteiger partial charge on any atom is -0.344 e. The van der Waals surface area contributed by atoms with Crippen molar-refractivity contribution in [2.45, 2.75) is 6.17 Å². The molecule has 0 saturated carbocycles. The van der Waals surface area contributed by atoms with E-state index in [4.69, 9.17) is 24.9 Å². The predicted octanol–water partition coefficient (Wildman–Crippen LogP) is 13.6. The number of fused-ring (bicyclic) bond motifs is 6. The monoisotopic (exact) mass is 872 g/mol. The van der Waals surface area contributed by atoms with Crippen LogP contribution in [0.25, 0.3) is 89.2 Å². The van der Waals surface area contributed by atoms with E-state index in [1.54, 1.807) is 0 Å². The molecule has 1 aliphatic heterocycles. The lowest BCUT2D eigenvalue weighted by molar-refractivity contribution is 0.674. The molecule has 12 aromatic rings. The molecule has 1 N–H and O–H groups in total. The van der Waals surface area contributed by atoms with E-state index in [1.807, 2.05) is 84.9 Å². The molecule has 0 fully saturated rings. The molecule has 13 rings (SSSR count). The molecule has 320 valence electrons. The Kier molecular flexibility index (Phi) is 9.38. The molecule has 9 aromatic carbocycles. The van der Waals surface area contributed by atoms with Crippen molar-refractivity contribution in [3.05, 3.63) is 247 Å². The van der Waals surface area contributed by atoms with Crippen LogP contribution in [0.15, 0.2) is 241 Å². The fourth-order valence-electron chi connectivity index (χ4n) is 9.62. The SMILES string of the molecule is c1ccc(C2=NC(c3cccc(-n4c5ccccc5c5cc6c7ccccc7n(-c7cccc(-c8nc(-c9ccccc9)nc(-c9ccccc9)n8)c7)c6cc54)c3)=NC(c3ccccc3)N2)cc1. The van der Waals surface area contributed by atoms with E-state index in [2.05, 4.69) is 160 Å². The Morgan fingerprint density at radius 2 is 0.779 bits per heavy atom. The average molecular weight is 873 g/mol. The highest BCUT2D eigenvalue weighted by Crippen LogP contribution is 2.40. The number of hydrogen-bond donors (Lipinski definition) is 1. The maximum Gasteiger partial charge on any atom is 0.164 e. The molecule has 0 saturated heterocycles. The Morgan fingerprint density at radius 3 is 1.34 bits per heavy atom. The first-order valence-corrected chi connectivity index (χ1v) is 22.8. The van der Waals surface area contributed by atoms with Gasteiger partial charge in [0.15, 0.2) is 23.3 Å². The van der Waals surface area contributed by atoms with Gasteiger partial charge in [-0.25, -0.2) is 24.9 Å². The van der Waals surface area contributed by atoms with Crippen LogP contribution < -0.4 is 5.32 Å². The predicted molar refractivity (Wildman–Crippen MR) is 277 cm³/mol. The summed E-state index contributed by atoms with van der Waals surface area (Å²) < 4.78 is 4.75. The topological polar surface area (TPSA) is 85.3 Å². The maximum absolute atomic E-state index is 5.22. The normalized spacial score (nSPS) is 13.7. The van der Waals surface area contributed by atoms with Gasteiger partial charge in [0.1, 0.15) is 12.0 Å². The molecule has 0 aliphatic carbocycles. The van der Waals surface area contributed by atoms with E-state index >= 15 is 0 Å². The number of para-hydroxylation sites is 2. The first kappa shape index (κ1) is 39.1. The number of hydrogen-bond acceptors (Lipinski definition) is 6. The van der Waals surface area contributed by atoms with Crippen LogP contribution in [0.5, 0.6) is 0 Å². The summed E-state index contributed by atoms with van der Waals surface area (Å²) in [4.78, 5) is 25.5. The number of amidine groups is 2. The van der Waals surface area contributed by atoms with Gasteiger partial charge in [0.05, 0.1) is 22.1 Å². The summed E-state index contributed by atoms with van der Waals surface area (Å²) in [7, 11) is 0. The number of aromatic nitrogens is 5. The van der Waals surface area contributed by atoms with Crippen molar-refractivity contribution in [2.75, 3.05) is 0 Å². The Hall–Kier alpha value is -9.27. The van der Waals surface area contributed by atoms with E-state index in [9.17, 15) is 0 Å². The molecule has 0 amide bonds. The lowest BCUT2D eigenvalue weighted by Gasteiger charge is -2.23. The Bertz CT molecular complexity index is 3870. The Labute approximate surface area is 391 Å². The molecule has 1 aliphatic rings. The third kappa shape index (κ3) is 6.82. The van der Waals surface area contributed by atoms with Crippen molar-refractivity contribution in [1.82, 2.24) is 29.4 Å². The molecular formula is C60H40N8. The standard InChI is InChI=1S/C60H40N8/c1-5-19-39(20-6-1)55-61-56(40-21-7-2-8-22-40)64-59(63-55)43-27-17-29-45(35-43)67-51-33-15-13-31-47(51)49-37-50-48-32-14-16-34-52(48)68(54(50)38-53(49)67)46-30-18-28-44(36-46)60-65-57(41-23-9-3-10-24-41)62-58(66-60)42-25-11-4-12-26-42/h1-38,55H,(H,61,63,64). The van der Waals surface area contributed by atoms with Gasteiger partial charge in [-0.3, -0.25) is 0 Å². The fourth-order valence-corrected chi connectivity index (χ4v) is 9.62. The second-order valence-electron chi connectivity index (χ2n) is 17.0. The third-order valence-electron chi connectivity index (χ3n) is 12.8. The first-order valence-electron chi connectivity index (χ1n) is 22.8. The number of rotatable bonds is 8. The summed E-state index contributed by atoms with van der Waals surface area (Å²) in [5.41, 5.74) is 12.2. The van der Waals surface area contributed by atoms with Gasteiger partial charge in [0, 0.05) is 60.7 Å². The zero-order valence-electron chi connectivity index (χ0n) is 36.6. The van der Waals surface area contributed by atoms with Gasteiger partial charge in [-0.2, -0.15) is 0 Å². The van der Waals surface area contributed by atoms with E-state index in [-0.39, 0.29) is 6.17 Å². The molecule has 68 heavy (non-hydrogen) atoms. The van der Waals surface area contributed by atoms with Crippen LogP contribution in [0, 0.1) is 0 Å². The second-order valence-corrected chi connectivity index (χ2v) is 17.0. The van der Waals surface area contributed by atoms with Gasteiger partial charge in [0.25, 0.3) is 0 Å². The van der Waals surface area contributed by atoms with E-state index in [0.29, 0.717) is 23.3 Å². The smallest absolute Gasteiger partial charge is 0.164 e. The van der Waals surface area contributed by atoms with Crippen LogP contribution in [0.4, 0.5) is 0 Å². The van der Waals surface area contributed by atoms with E-state index < -0.39 is 0 Å². The van der Waals surface area contributed by atoms with E-state index in [0.717, 1.165) is 72.7 Å². The van der Waals surface area contributed by atoms with Crippen LogP contribution in [0.3, 0.4) is 0 Å². The summed E-state index contributed by atoms with van der Waals surface area (Å²) in [5, 5.41) is 8.30. The average Bonchev–Trinajstić information content (AvgIpc) is 3.93. The molecule has 4 heterocycles. The van der Waals surface area contributed by atoms with Crippen molar-refractivity contribution in [3.63, 3.8) is 0 Å². The van der Waals surface area contributed by atoms with Crippen molar-refractivity contribution in [2.24, 2.45) is 9.98 Å². The maximum atomic E-state index is 5.22. The van der Waals surface area contributed by atoms with Gasteiger partial charge in [-0.05, 0) is 54.1 Å². The van der Waals surface area contributed by atoms with Gasteiger partial charge < -0.3 is 14.5 Å². The van der Waals surface area contributed by atoms with Crippen molar-refractivity contribution in [3.8, 4) is 45.5 Å². The molecule has 1 unspecified atom stereocenters. The first-order chi connectivity index (χ1) is 33.7. The molecule has 0 spiro atoms. The molecular weight excluding hydrogens is 833 g/mol. The highest BCUT2D eigenvalue weighted by Gasteiger charge is 2.23. The largest absolute Gasteiger partial charge is 0.344 e. The zero-order valence-corrected chi connectivity index (χ0v) is 36.6. The summed E-state index contributed by atoms with van der Waals surface area (Å²) in [6.07, 6.45) is -0.300. The summed E-state index contributed by atoms with van der Waals surface area (Å²) in [6.45, 7) is 0. The highest BCUT2D eigenvalue weighted by molar-refractivity contribution is 6.19. The fraction of sp³-hybridized carbons (Fsp3) is 0.0167. The van der Waals surface area contributed by atoms with Crippen molar-refractivity contribution >= 4 is 55.3 Å². The summed E-state index contributed by atoms with van der Waals surface area (Å²) in [6, 6.07) is 80.1. The van der Waals surface area contributed by atoms with Crippen LogP contribution >= 0.6 is 0 Å². The number of aliphatic imine (C=N–C) groups is 2. The van der Waals surface area contributed by atoms with Gasteiger partial charge in [-0.1, -0.05) is 182 Å². The minimum atomic E-state index is -0.300. The van der Waals surface area contributed by atoms with Gasteiger partial charge >= 0.3 is 0 Å². The zero-order chi connectivity index (χ0) is 45.0. The molecule has 0 bridgehead atoms. The van der Waals surface area contributed by atoms with E-state index in [1.165, 1.54) is 21.5 Å². The molecule has 1 atom stereocenters. The quantitative estimate of drug-likeness (QED) is 0.165. The number of nitrogens with zero attached hydrogens (tertiary/aromatic N) is 7. The van der Waals surface area contributed by atoms with Crippen LogP contribution in [-0.2, 0) is 0 Å². The lowest BCUT2D eigenvalue weighted by Crippen LogP contribution is -2.33. The molecule has 8 heteroatoms. The van der Waals surface area contributed by atoms with Crippen molar-refractivity contribution < 1.29 is 0 Å². The van der Waals surface area contributed by atoms with Crippen LogP contribution in [0.2, 0.25) is 0 Å². The third-order valence-corrected chi connectivity index (χ3v) is 12.8. The van der Waals surface area contributed by atoms with Crippen LogP contribution in [-0.4, -0.2) is 35.8 Å². The second kappa shape index (κ2) is 16.3. The highest BCUT2D eigenvalue weighted by atomic mass is 15.2. The summed E-state index contributed by atoms with van der Waals surface area (Å²) >= 11 is 0. The number of benzene rings is 9. The lowest BCUT2D eigenvalue weighted by atomic mass is 10.1. The molecule has 0 radical (unpaired) electrons. The number of nitrogens with one attached hydrogen (secondary N) is 1. The molecule has 3 aromatic heterocycles. The minimum absolute atomic E-state index is 0.300. The van der Waals surface area contributed by atoms with Gasteiger partial charge in [0.2, 0.25) is 0 Å². The van der Waals surface area contributed by atoms with Gasteiger partial charge in [-0.15, -0.1) is 0 Å². The summed E-state index contributed by atoms with van der Waals surface area (Å²) in [5.74, 6) is 3.32. The molecule has 8 nitrogen and oxygen atoms in total. The Morgan fingerprint density at radius 1 is 0.338 bits per heavy atom.